The van der Waals surface area contributed by atoms with Gasteiger partial charge in [-0.15, -0.1) is 0 Å². The molecule has 0 aliphatic heterocycles. The summed E-state index contributed by atoms with van der Waals surface area (Å²) < 4.78 is 64.9. The van der Waals surface area contributed by atoms with E-state index in [1.165, 1.54) is 24.3 Å². The molecule has 33 heavy (non-hydrogen) atoms. The van der Waals surface area contributed by atoms with Gasteiger partial charge in [-0.2, -0.15) is 0 Å². The minimum absolute atomic E-state index is 0.0208. The maximum absolute atomic E-state index is 13.2. The molecule has 1 amide bonds. The van der Waals surface area contributed by atoms with Gasteiger partial charge >= 0.3 is 0 Å². The van der Waals surface area contributed by atoms with Crippen LogP contribution < -0.4 is 19.5 Å². The van der Waals surface area contributed by atoms with Crippen LogP contribution in [0.2, 0.25) is 0 Å². The summed E-state index contributed by atoms with van der Waals surface area (Å²) in [5, 5.41) is 2.39. The summed E-state index contributed by atoms with van der Waals surface area (Å²) in [5.74, 6) is -1.76. The SMILES string of the molecule is CCOc1ccc(NS(=O)(=O)c2ccc(OCC(=O)Nc3ccc(F)c(F)c3)c(C)c2)cc1. The molecule has 3 aromatic rings. The van der Waals surface area contributed by atoms with Gasteiger partial charge in [-0.05, 0) is 74.0 Å². The van der Waals surface area contributed by atoms with Crippen LogP contribution in [0.1, 0.15) is 12.5 Å². The van der Waals surface area contributed by atoms with Crippen molar-refractivity contribution in [3.8, 4) is 11.5 Å². The summed E-state index contributed by atoms with van der Waals surface area (Å²) in [4.78, 5) is 12.0. The highest BCUT2D eigenvalue weighted by atomic mass is 32.2. The molecule has 0 aliphatic rings. The second-order valence-corrected chi connectivity index (χ2v) is 8.64. The zero-order chi connectivity index (χ0) is 24.0. The van der Waals surface area contributed by atoms with Gasteiger partial charge in [0.2, 0.25) is 0 Å². The summed E-state index contributed by atoms with van der Waals surface area (Å²) in [6.45, 7) is 3.59. The van der Waals surface area contributed by atoms with Crippen LogP contribution in [-0.4, -0.2) is 27.5 Å². The second kappa shape index (κ2) is 10.3. The summed E-state index contributed by atoms with van der Waals surface area (Å²) in [6, 6.07) is 13.7. The lowest BCUT2D eigenvalue weighted by Gasteiger charge is -2.13. The maximum Gasteiger partial charge on any atom is 0.262 e. The first kappa shape index (κ1) is 24.0. The van der Waals surface area contributed by atoms with Crippen molar-refractivity contribution in [3.63, 3.8) is 0 Å². The first-order chi connectivity index (χ1) is 15.7. The number of amides is 1. The number of sulfonamides is 1. The molecule has 0 radical (unpaired) electrons. The Morgan fingerprint density at radius 3 is 2.24 bits per heavy atom. The molecule has 0 spiro atoms. The monoisotopic (exact) mass is 476 g/mol. The Bertz CT molecular complexity index is 1250. The maximum atomic E-state index is 13.2. The molecule has 0 heterocycles. The van der Waals surface area contributed by atoms with E-state index in [4.69, 9.17) is 9.47 Å². The Labute approximate surface area is 190 Å². The second-order valence-electron chi connectivity index (χ2n) is 6.96. The highest BCUT2D eigenvalue weighted by Gasteiger charge is 2.16. The average Bonchev–Trinajstić information content (AvgIpc) is 2.77. The molecule has 3 aromatic carbocycles. The van der Waals surface area contributed by atoms with E-state index in [2.05, 4.69) is 10.0 Å². The van der Waals surface area contributed by atoms with Crippen molar-refractivity contribution in [3.05, 3.63) is 77.9 Å². The van der Waals surface area contributed by atoms with Gasteiger partial charge in [0.25, 0.3) is 15.9 Å². The molecule has 0 unspecified atom stereocenters. The molecule has 0 aliphatic carbocycles. The average molecular weight is 477 g/mol. The summed E-state index contributed by atoms with van der Waals surface area (Å²) >= 11 is 0. The Morgan fingerprint density at radius 1 is 0.909 bits per heavy atom. The van der Waals surface area contributed by atoms with Crippen LogP contribution in [0.5, 0.6) is 11.5 Å². The fourth-order valence-corrected chi connectivity index (χ4v) is 4.01. The fourth-order valence-electron chi connectivity index (χ4n) is 2.87. The molecular formula is C23H22F2N2O5S. The predicted octanol–water partition coefficient (Wildman–Crippen LogP) is 4.49. The van der Waals surface area contributed by atoms with Gasteiger partial charge in [0.15, 0.2) is 18.2 Å². The van der Waals surface area contributed by atoms with Crippen molar-refractivity contribution in [2.45, 2.75) is 18.7 Å². The van der Waals surface area contributed by atoms with E-state index in [1.54, 1.807) is 31.2 Å². The van der Waals surface area contributed by atoms with Crippen LogP contribution in [0.25, 0.3) is 0 Å². The number of carbonyl (C=O) groups excluding carboxylic acids is 1. The Hall–Kier alpha value is -3.66. The Morgan fingerprint density at radius 2 is 1.61 bits per heavy atom. The summed E-state index contributed by atoms with van der Waals surface area (Å²) in [7, 11) is -3.85. The molecule has 10 heteroatoms. The summed E-state index contributed by atoms with van der Waals surface area (Å²) in [6.07, 6.45) is 0. The molecule has 174 valence electrons. The lowest BCUT2D eigenvalue weighted by molar-refractivity contribution is -0.118. The zero-order valence-corrected chi connectivity index (χ0v) is 18.7. The standard InChI is InChI=1S/C23H22F2N2O5S/c1-3-31-18-7-4-16(5-8-18)27-33(29,30)19-9-11-22(15(2)12-19)32-14-23(28)26-17-6-10-20(24)21(25)13-17/h4-13,27H,3,14H2,1-2H3,(H,26,28). The lowest BCUT2D eigenvalue weighted by atomic mass is 10.2. The molecule has 0 fully saturated rings. The fraction of sp³-hybridized carbons (Fsp3) is 0.174. The topological polar surface area (TPSA) is 93.7 Å². The number of ether oxygens (including phenoxy) is 2. The van der Waals surface area contributed by atoms with Crippen LogP contribution >= 0.6 is 0 Å². The predicted molar refractivity (Wildman–Crippen MR) is 120 cm³/mol. The first-order valence-electron chi connectivity index (χ1n) is 9.92. The Balaban J connectivity index is 1.62. The number of carbonyl (C=O) groups is 1. The van der Waals surface area contributed by atoms with Gasteiger partial charge in [0.05, 0.1) is 11.5 Å². The van der Waals surface area contributed by atoms with Crippen LogP contribution in [0.3, 0.4) is 0 Å². The van der Waals surface area contributed by atoms with Gasteiger partial charge < -0.3 is 14.8 Å². The molecule has 0 saturated carbocycles. The number of hydrogen-bond acceptors (Lipinski definition) is 5. The van der Waals surface area contributed by atoms with Crippen LogP contribution in [0.15, 0.2) is 65.6 Å². The molecule has 0 bridgehead atoms. The highest BCUT2D eigenvalue weighted by molar-refractivity contribution is 7.92. The van der Waals surface area contributed by atoms with E-state index in [-0.39, 0.29) is 10.6 Å². The van der Waals surface area contributed by atoms with E-state index < -0.39 is 34.2 Å². The minimum atomic E-state index is -3.85. The van der Waals surface area contributed by atoms with Crippen molar-refractivity contribution < 1.29 is 31.5 Å². The number of hydrogen-bond donors (Lipinski definition) is 2. The molecule has 0 saturated heterocycles. The number of aryl methyl sites for hydroxylation is 1. The van der Waals surface area contributed by atoms with Crippen molar-refractivity contribution in [2.75, 3.05) is 23.3 Å². The molecule has 0 atom stereocenters. The third kappa shape index (κ3) is 6.42. The summed E-state index contributed by atoms with van der Waals surface area (Å²) in [5.41, 5.74) is 0.955. The normalized spacial score (nSPS) is 11.0. The zero-order valence-electron chi connectivity index (χ0n) is 17.9. The number of anilines is 2. The molecular weight excluding hydrogens is 454 g/mol. The van der Waals surface area contributed by atoms with E-state index in [0.29, 0.717) is 29.4 Å². The molecule has 7 nitrogen and oxygen atoms in total. The van der Waals surface area contributed by atoms with Crippen LogP contribution in [-0.2, 0) is 14.8 Å². The van der Waals surface area contributed by atoms with Crippen molar-refractivity contribution in [1.29, 1.82) is 0 Å². The number of nitrogens with one attached hydrogen (secondary N) is 2. The van der Waals surface area contributed by atoms with Crippen molar-refractivity contribution in [1.82, 2.24) is 0 Å². The van der Waals surface area contributed by atoms with E-state index >= 15 is 0 Å². The van der Waals surface area contributed by atoms with Gasteiger partial charge in [0, 0.05) is 17.4 Å². The molecule has 3 rings (SSSR count). The van der Waals surface area contributed by atoms with Crippen molar-refractivity contribution in [2.24, 2.45) is 0 Å². The van der Waals surface area contributed by atoms with Gasteiger partial charge in [-0.25, -0.2) is 17.2 Å². The quantitative estimate of drug-likeness (QED) is 0.475. The molecule has 2 N–H and O–H groups in total. The third-order valence-corrected chi connectivity index (χ3v) is 5.82. The van der Waals surface area contributed by atoms with E-state index in [1.807, 2.05) is 6.92 Å². The van der Waals surface area contributed by atoms with E-state index in [0.717, 1.165) is 12.1 Å². The van der Waals surface area contributed by atoms with Crippen LogP contribution in [0.4, 0.5) is 20.2 Å². The highest BCUT2D eigenvalue weighted by Crippen LogP contribution is 2.24. The lowest BCUT2D eigenvalue weighted by Crippen LogP contribution is -2.20. The number of rotatable bonds is 9. The van der Waals surface area contributed by atoms with Gasteiger partial charge in [-0.1, -0.05) is 0 Å². The van der Waals surface area contributed by atoms with Crippen molar-refractivity contribution >= 4 is 27.3 Å². The smallest absolute Gasteiger partial charge is 0.262 e. The number of halogens is 2. The molecule has 0 aromatic heterocycles. The largest absolute Gasteiger partial charge is 0.494 e. The van der Waals surface area contributed by atoms with Gasteiger partial charge in [0.1, 0.15) is 11.5 Å². The number of benzene rings is 3. The third-order valence-electron chi connectivity index (χ3n) is 4.44. The minimum Gasteiger partial charge on any atom is -0.494 e. The van der Waals surface area contributed by atoms with Crippen LogP contribution in [0, 0.1) is 18.6 Å². The first-order valence-corrected chi connectivity index (χ1v) is 11.4. The Kier molecular flexibility index (Phi) is 7.49. The van der Waals surface area contributed by atoms with Gasteiger partial charge in [-0.3, -0.25) is 9.52 Å². The van der Waals surface area contributed by atoms with E-state index in [9.17, 15) is 22.0 Å².